The average Bonchev–Trinajstić information content (AvgIpc) is 3.23. The van der Waals surface area contributed by atoms with Crippen LogP contribution in [0.2, 0.25) is 0 Å². The van der Waals surface area contributed by atoms with Gasteiger partial charge in [-0.25, -0.2) is 0 Å². The number of amides is 1. The molecule has 5 rings (SSSR count). The summed E-state index contributed by atoms with van der Waals surface area (Å²) in [6.07, 6.45) is 0.725. The molecular formula is C32H34N2O5. The van der Waals surface area contributed by atoms with Crippen molar-refractivity contribution in [3.8, 4) is 5.75 Å². The van der Waals surface area contributed by atoms with Crippen LogP contribution in [0.3, 0.4) is 0 Å². The Bertz CT molecular complexity index is 1330. The van der Waals surface area contributed by atoms with E-state index in [1.165, 1.54) is 0 Å². The van der Waals surface area contributed by atoms with Gasteiger partial charge >= 0.3 is 0 Å². The molecule has 2 aliphatic rings. The molecule has 2 heterocycles. The summed E-state index contributed by atoms with van der Waals surface area (Å²) >= 11 is 0. The maximum atomic E-state index is 13.3. The smallest absolute Gasteiger partial charge is 0.295 e. The van der Waals surface area contributed by atoms with Crippen LogP contribution in [0.15, 0.2) is 84.4 Å². The summed E-state index contributed by atoms with van der Waals surface area (Å²) in [5.74, 6) is -0.712. The number of ether oxygens (including phenoxy) is 2. The fourth-order valence-corrected chi connectivity index (χ4v) is 5.23. The number of hydrogen-bond donors (Lipinski definition) is 1. The van der Waals surface area contributed by atoms with Crippen molar-refractivity contribution in [1.29, 1.82) is 0 Å². The van der Waals surface area contributed by atoms with Gasteiger partial charge in [0.25, 0.3) is 11.7 Å². The third-order valence-electron chi connectivity index (χ3n) is 7.32. The number of carbonyl (C=O) groups is 2. The van der Waals surface area contributed by atoms with Crippen molar-refractivity contribution in [2.45, 2.75) is 26.0 Å². The van der Waals surface area contributed by atoms with Crippen LogP contribution in [0.25, 0.3) is 5.76 Å². The van der Waals surface area contributed by atoms with E-state index in [9.17, 15) is 14.7 Å². The van der Waals surface area contributed by atoms with Crippen molar-refractivity contribution < 1.29 is 24.2 Å². The van der Waals surface area contributed by atoms with E-state index in [1.54, 1.807) is 23.1 Å². The SMILES string of the molecule is Cc1cc(C(O)=C2C(=O)C(=O)N(CCCN3CCOCC3)[C@H]2c2ccccc2)ccc1OCc1ccccc1. The van der Waals surface area contributed by atoms with Crippen LogP contribution >= 0.6 is 0 Å². The summed E-state index contributed by atoms with van der Waals surface area (Å²) < 4.78 is 11.4. The fraction of sp³-hybridized carbons (Fsp3) is 0.312. The molecule has 0 bridgehead atoms. The molecule has 1 atom stereocenters. The highest BCUT2D eigenvalue weighted by molar-refractivity contribution is 6.46. The lowest BCUT2D eigenvalue weighted by Crippen LogP contribution is -2.38. The first-order chi connectivity index (χ1) is 19.0. The monoisotopic (exact) mass is 526 g/mol. The largest absolute Gasteiger partial charge is 0.507 e. The average molecular weight is 527 g/mol. The quantitative estimate of drug-likeness (QED) is 0.247. The highest BCUT2D eigenvalue weighted by atomic mass is 16.5. The zero-order valence-corrected chi connectivity index (χ0v) is 22.2. The van der Waals surface area contributed by atoms with E-state index in [4.69, 9.17) is 9.47 Å². The Balaban J connectivity index is 1.40. The fourth-order valence-electron chi connectivity index (χ4n) is 5.23. The maximum absolute atomic E-state index is 13.3. The Hall–Kier alpha value is -3.94. The van der Waals surface area contributed by atoms with Crippen LogP contribution in [0.4, 0.5) is 0 Å². The topological polar surface area (TPSA) is 79.3 Å². The van der Waals surface area contributed by atoms with Crippen molar-refractivity contribution >= 4 is 17.4 Å². The first-order valence-electron chi connectivity index (χ1n) is 13.4. The molecule has 202 valence electrons. The van der Waals surface area contributed by atoms with Crippen LogP contribution in [-0.2, 0) is 20.9 Å². The Labute approximate surface area is 229 Å². The van der Waals surface area contributed by atoms with E-state index in [1.807, 2.05) is 67.6 Å². The summed E-state index contributed by atoms with van der Waals surface area (Å²) in [6, 6.07) is 24.0. The zero-order chi connectivity index (χ0) is 27.2. The van der Waals surface area contributed by atoms with Gasteiger partial charge in [-0.15, -0.1) is 0 Å². The Morgan fingerprint density at radius 1 is 0.949 bits per heavy atom. The van der Waals surface area contributed by atoms with E-state index in [2.05, 4.69) is 4.90 Å². The van der Waals surface area contributed by atoms with Gasteiger partial charge in [-0.3, -0.25) is 14.5 Å². The van der Waals surface area contributed by atoms with Crippen LogP contribution < -0.4 is 4.74 Å². The number of rotatable bonds is 9. The number of ketones is 1. The second kappa shape index (κ2) is 12.3. The van der Waals surface area contributed by atoms with Gasteiger partial charge in [0, 0.05) is 31.7 Å². The molecule has 0 radical (unpaired) electrons. The molecule has 7 nitrogen and oxygen atoms in total. The summed E-state index contributed by atoms with van der Waals surface area (Å²) in [5.41, 5.74) is 3.28. The van der Waals surface area contributed by atoms with Crippen LogP contribution in [0.5, 0.6) is 5.75 Å². The lowest BCUT2D eigenvalue weighted by Gasteiger charge is -2.29. The van der Waals surface area contributed by atoms with E-state index >= 15 is 0 Å². The molecule has 3 aromatic rings. The van der Waals surface area contributed by atoms with Gasteiger partial charge in [-0.05, 0) is 48.2 Å². The molecule has 2 fully saturated rings. The van der Waals surface area contributed by atoms with Crippen molar-refractivity contribution in [3.05, 3.63) is 107 Å². The molecule has 1 amide bonds. The van der Waals surface area contributed by atoms with Gasteiger partial charge in [-0.2, -0.15) is 0 Å². The third-order valence-corrected chi connectivity index (χ3v) is 7.32. The highest BCUT2D eigenvalue weighted by Crippen LogP contribution is 2.40. The van der Waals surface area contributed by atoms with Gasteiger partial charge < -0.3 is 19.5 Å². The van der Waals surface area contributed by atoms with Gasteiger partial charge in [0.1, 0.15) is 18.1 Å². The Morgan fingerprint density at radius 3 is 2.33 bits per heavy atom. The first-order valence-corrected chi connectivity index (χ1v) is 13.4. The Morgan fingerprint density at radius 2 is 1.64 bits per heavy atom. The number of hydrogen-bond acceptors (Lipinski definition) is 6. The molecule has 2 aliphatic heterocycles. The van der Waals surface area contributed by atoms with Gasteiger partial charge in [0.15, 0.2) is 0 Å². The predicted molar refractivity (Wildman–Crippen MR) is 149 cm³/mol. The number of likely N-dealkylation sites (tertiary alicyclic amines) is 1. The number of nitrogens with zero attached hydrogens (tertiary/aromatic N) is 2. The van der Waals surface area contributed by atoms with E-state index < -0.39 is 17.7 Å². The lowest BCUT2D eigenvalue weighted by atomic mass is 9.95. The van der Waals surface area contributed by atoms with Crippen LogP contribution in [-0.4, -0.2) is 66.0 Å². The molecule has 0 spiro atoms. The van der Waals surface area contributed by atoms with Crippen molar-refractivity contribution in [1.82, 2.24) is 9.80 Å². The number of carbonyl (C=O) groups excluding carboxylic acids is 2. The zero-order valence-electron chi connectivity index (χ0n) is 22.2. The number of Topliss-reactive ketones (excluding diaryl/α,β-unsaturated/α-hetero) is 1. The summed E-state index contributed by atoms with van der Waals surface area (Å²) in [5, 5.41) is 11.4. The normalized spacial score (nSPS) is 19.4. The molecule has 1 N–H and O–H groups in total. The molecule has 0 saturated carbocycles. The summed E-state index contributed by atoms with van der Waals surface area (Å²) in [4.78, 5) is 30.5. The second-order valence-electron chi connectivity index (χ2n) is 9.97. The van der Waals surface area contributed by atoms with Crippen molar-refractivity contribution in [2.24, 2.45) is 0 Å². The molecule has 0 aromatic heterocycles. The number of morpholine rings is 1. The first kappa shape index (κ1) is 26.7. The van der Waals surface area contributed by atoms with Crippen LogP contribution in [0, 0.1) is 6.92 Å². The minimum absolute atomic E-state index is 0.120. The molecule has 2 saturated heterocycles. The maximum Gasteiger partial charge on any atom is 0.295 e. The standard InChI is InChI=1S/C32H34N2O5/c1-23-21-26(13-14-27(23)39-22-24-9-4-2-5-10-24)30(35)28-29(25-11-6-3-7-12-25)34(32(37)31(28)36)16-8-15-33-17-19-38-20-18-33/h2-7,9-14,21,29,35H,8,15-20,22H2,1H3/t29-/m0/s1. The number of aliphatic hydroxyl groups excluding tert-OH is 1. The molecule has 3 aromatic carbocycles. The van der Waals surface area contributed by atoms with Gasteiger partial charge in [0.05, 0.1) is 24.8 Å². The van der Waals surface area contributed by atoms with E-state index in [-0.39, 0.29) is 11.3 Å². The van der Waals surface area contributed by atoms with Crippen molar-refractivity contribution in [2.75, 3.05) is 39.4 Å². The van der Waals surface area contributed by atoms with E-state index in [0.29, 0.717) is 37.7 Å². The van der Waals surface area contributed by atoms with Crippen LogP contribution in [0.1, 0.15) is 34.7 Å². The minimum Gasteiger partial charge on any atom is -0.507 e. The summed E-state index contributed by atoms with van der Waals surface area (Å²) in [7, 11) is 0. The van der Waals surface area contributed by atoms with E-state index in [0.717, 1.165) is 42.7 Å². The number of aliphatic hydroxyl groups is 1. The summed E-state index contributed by atoms with van der Waals surface area (Å²) in [6.45, 7) is 6.72. The number of aryl methyl sites for hydroxylation is 1. The van der Waals surface area contributed by atoms with Gasteiger partial charge in [0.2, 0.25) is 0 Å². The molecule has 0 aliphatic carbocycles. The van der Waals surface area contributed by atoms with Gasteiger partial charge in [-0.1, -0.05) is 60.7 Å². The highest BCUT2D eigenvalue weighted by Gasteiger charge is 2.45. The number of benzene rings is 3. The molecular weight excluding hydrogens is 492 g/mol. The lowest BCUT2D eigenvalue weighted by molar-refractivity contribution is -0.140. The second-order valence-corrected chi connectivity index (χ2v) is 9.97. The molecule has 39 heavy (non-hydrogen) atoms. The minimum atomic E-state index is -0.658. The predicted octanol–water partition coefficient (Wildman–Crippen LogP) is 4.72. The molecule has 0 unspecified atom stereocenters. The third kappa shape index (κ3) is 6.05. The molecule has 7 heteroatoms. The Kier molecular flexibility index (Phi) is 8.39. The van der Waals surface area contributed by atoms with Crippen molar-refractivity contribution in [3.63, 3.8) is 0 Å².